The lowest BCUT2D eigenvalue weighted by molar-refractivity contribution is -0.122. The molecule has 1 fully saturated rings. The Labute approximate surface area is 79.3 Å². The van der Waals surface area contributed by atoms with Gasteiger partial charge in [-0.3, -0.25) is 4.79 Å². The normalized spacial score (nSPS) is 20.7. The second kappa shape index (κ2) is 5.60. The number of carbonyl (C=O) groups excluding carboxylic acids is 1. The summed E-state index contributed by atoms with van der Waals surface area (Å²) in [7, 11) is 0. The van der Waals surface area contributed by atoms with Gasteiger partial charge in [0.25, 0.3) is 0 Å². The summed E-state index contributed by atoms with van der Waals surface area (Å²) in [5, 5.41) is 0. The van der Waals surface area contributed by atoms with Gasteiger partial charge >= 0.3 is 0 Å². The Morgan fingerprint density at radius 2 is 1.75 bits per heavy atom. The van der Waals surface area contributed by atoms with Crippen molar-refractivity contribution in [3.8, 4) is 0 Å². The highest BCUT2D eigenvalue weighted by atomic mass is 32.2. The highest BCUT2D eigenvalue weighted by molar-refractivity contribution is 7.99. The highest BCUT2D eigenvalue weighted by Crippen LogP contribution is 2.25. The van der Waals surface area contributed by atoms with Crippen LogP contribution in [0, 0.1) is 0 Å². The van der Waals surface area contributed by atoms with E-state index in [0.717, 1.165) is 24.3 Å². The second-order valence-electron chi connectivity index (χ2n) is 2.82. The first kappa shape index (κ1) is 12.0. The summed E-state index contributed by atoms with van der Waals surface area (Å²) >= 11 is 1.88. The van der Waals surface area contributed by atoms with E-state index >= 15 is 0 Å². The standard InChI is InChI=1S/C7H13NOS.C2H6/c1-6(9)7(8)2-4-10-5-3-7;1-2/h2-5,8H2,1H3;1-2H3. The van der Waals surface area contributed by atoms with E-state index < -0.39 is 5.54 Å². The number of ketones is 1. The molecular formula is C9H19NOS. The van der Waals surface area contributed by atoms with Crippen molar-refractivity contribution in [2.75, 3.05) is 11.5 Å². The number of rotatable bonds is 1. The predicted octanol–water partition coefficient (Wildman–Crippen LogP) is 1.83. The van der Waals surface area contributed by atoms with Gasteiger partial charge in [-0.1, -0.05) is 13.8 Å². The van der Waals surface area contributed by atoms with Crippen LogP contribution in [0.1, 0.15) is 33.6 Å². The van der Waals surface area contributed by atoms with Gasteiger partial charge in [0.2, 0.25) is 0 Å². The molecule has 1 aliphatic rings. The molecule has 1 saturated heterocycles. The zero-order valence-corrected chi connectivity index (χ0v) is 9.04. The fourth-order valence-electron chi connectivity index (χ4n) is 1.09. The maximum Gasteiger partial charge on any atom is 0.149 e. The zero-order chi connectivity index (χ0) is 9.61. The summed E-state index contributed by atoms with van der Waals surface area (Å²) in [4.78, 5) is 11.0. The third kappa shape index (κ3) is 3.15. The molecule has 0 amide bonds. The number of carbonyl (C=O) groups is 1. The summed E-state index contributed by atoms with van der Waals surface area (Å²) < 4.78 is 0. The third-order valence-corrected chi connectivity index (χ3v) is 3.07. The van der Waals surface area contributed by atoms with E-state index in [1.54, 1.807) is 6.92 Å². The van der Waals surface area contributed by atoms with E-state index in [0.29, 0.717) is 0 Å². The van der Waals surface area contributed by atoms with Crippen LogP contribution in [0.4, 0.5) is 0 Å². The SMILES string of the molecule is CC.CC(=O)C1(N)CCSCC1. The zero-order valence-electron chi connectivity index (χ0n) is 8.22. The molecule has 1 aliphatic heterocycles. The van der Waals surface area contributed by atoms with Gasteiger partial charge in [-0.2, -0.15) is 11.8 Å². The molecule has 0 radical (unpaired) electrons. The minimum Gasteiger partial charge on any atom is -0.319 e. The second-order valence-corrected chi connectivity index (χ2v) is 4.05. The first-order valence-electron chi connectivity index (χ1n) is 4.53. The molecule has 0 bridgehead atoms. The van der Waals surface area contributed by atoms with Gasteiger partial charge in [0.05, 0.1) is 5.54 Å². The van der Waals surface area contributed by atoms with Crippen molar-refractivity contribution in [3.05, 3.63) is 0 Å². The minimum absolute atomic E-state index is 0.146. The molecule has 0 aromatic heterocycles. The van der Waals surface area contributed by atoms with E-state index in [1.807, 2.05) is 25.6 Å². The Hall–Kier alpha value is -0.0200. The molecule has 1 rings (SSSR count). The number of Topliss-reactive ketones (excluding diaryl/α,β-unsaturated/α-hetero) is 1. The molecule has 2 nitrogen and oxygen atoms in total. The number of thioether (sulfide) groups is 1. The molecule has 0 aromatic carbocycles. The van der Waals surface area contributed by atoms with Gasteiger partial charge < -0.3 is 5.73 Å². The minimum atomic E-state index is -0.481. The fourth-order valence-corrected chi connectivity index (χ4v) is 2.31. The topological polar surface area (TPSA) is 43.1 Å². The molecule has 2 N–H and O–H groups in total. The van der Waals surface area contributed by atoms with E-state index in [-0.39, 0.29) is 5.78 Å². The monoisotopic (exact) mass is 189 g/mol. The molecule has 12 heavy (non-hydrogen) atoms. The lowest BCUT2D eigenvalue weighted by Crippen LogP contribution is -2.49. The lowest BCUT2D eigenvalue weighted by atomic mass is 9.90. The number of hydrogen-bond acceptors (Lipinski definition) is 3. The van der Waals surface area contributed by atoms with Crippen LogP contribution < -0.4 is 5.73 Å². The molecule has 72 valence electrons. The summed E-state index contributed by atoms with van der Waals surface area (Å²) in [5.74, 6) is 2.22. The Morgan fingerprint density at radius 3 is 2.00 bits per heavy atom. The summed E-state index contributed by atoms with van der Waals surface area (Å²) in [6.07, 6.45) is 1.71. The van der Waals surface area contributed by atoms with Crippen molar-refractivity contribution < 1.29 is 4.79 Å². The molecule has 0 spiro atoms. The summed E-state index contributed by atoms with van der Waals surface area (Å²) in [6.45, 7) is 5.59. The van der Waals surface area contributed by atoms with E-state index in [2.05, 4.69) is 0 Å². The van der Waals surface area contributed by atoms with Crippen LogP contribution in [-0.2, 0) is 4.79 Å². The van der Waals surface area contributed by atoms with Crippen molar-refractivity contribution in [2.45, 2.75) is 39.2 Å². The largest absolute Gasteiger partial charge is 0.319 e. The Balaban J connectivity index is 0.000000561. The number of hydrogen-bond donors (Lipinski definition) is 1. The van der Waals surface area contributed by atoms with E-state index in [9.17, 15) is 4.79 Å². The quantitative estimate of drug-likeness (QED) is 0.684. The van der Waals surface area contributed by atoms with Crippen LogP contribution in [0.2, 0.25) is 0 Å². The lowest BCUT2D eigenvalue weighted by Gasteiger charge is -2.30. The van der Waals surface area contributed by atoms with Crippen molar-refractivity contribution >= 4 is 17.5 Å². The Morgan fingerprint density at radius 1 is 1.33 bits per heavy atom. The molecule has 0 unspecified atom stereocenters. The Bertz CT molecular complexity index is 141. The molecule has 0 aliphatic carbocycles. The summed E-state index contributed by atoms with van der Waals surface area (Å²) in [5.41, 5.74) is 5.36. The van der Waals surface area contributed by atoms with Crippen molar-refractivity contribution in [2.24, 2.45) is 5.73 Å². The van der Waals surface area contributed by atoms with Crippen LogP contribution >= 0.6 is 11.8 Å². The maximum atomic E-state index is 11.0. The fraction of sp³-hybridized carbons (Fsp3) is 0.889. The Kier molecular flexibility index (Phi) is 5.59. The van der Waals surface area contributed by atoms with Crippen LogP contribution in [-0.4, -0.2) is 22.8 Å². The van der Waals surface area contributed by atoms with Gasteiger partial charge in [-0.15, -0.1) is 0 Å². The van der Waals surface area contributed by atoms with Crippen molar-refractivity contribution in [1.29, 1.82) is 0 Å². The van der Waals surface area contributed by atoms with Gasteiger partial charge in [-0.25, -0.2) is 0 Å². The van der Waals surface area contributed by atoms with Crippen LogP contribution in [0.3, 0.4) is 0 Å². The average Bonchev–Trinajstić information content (AvgIpc) is 2.09. The van der Waals surface area contributed by atoms with Gasteiger partial charge in [-0.05, 0) is 31.3 Å². The first-order chi connectivity index (χ1) is 5.65. The van der Waals surface area contributed by atoms with Crippen LogP contribution in [0.5, 0.6) is 0 Å². The van der Waals surface area contributed by atoms with Crippen molar-refractivity contribution in [1.82, 2.24) is 0 Å². The predicted molar refractivity (Wildman–Crippen MR) is 55.5 cm³/mol. The van der Waals surface area contributed by atoms with Crippen LogP contribution in [0.25, 0.3) is 0 Å². The number of nitrogens with two attached hydrogens (primary N) is 1. The maximum absolute atomic E-state index is 11.0. The smallest absolute Gasteiger partial charge is 0.149 e. The van der Waals surface area contributed by atoms with Gasteiger partial charge in [0.15, 0.2) is 0 Å². The summed E-state index contributed by atoms with van der Waals surface area (Å²) in [6, 6.07) is 0. The van der Waals surface area contributed by atoms with E-state index in [4.69, 9.17) is 5.73 Å². The van der Waals surface area contributed by atoms with E-state index in [1.165, 1.54) is 0 Å². The molecule has 0 saturated carbocycles. The molecule has 1 heterocycles. The van der Waals surface area contributed by atoms with Crippen LogP contribution in [0.15, 0.2) is 0 Å². The van der Waals surface area contributed by atoms with Crippen molar-refractivity contribution in [3.63, 3.8) is 0 Å². The third-order valence-electron chi connectivity index (χ3n) is 2.09. The molecular weight excluding hydrogens is 170 g/mol. The molecule has 3 heteroatoms. The average molecular weight is 189 g/mol. The molecule has 0 atom stereocenters. The van der Waals surface area contributed by atoms with Gasteiger partial charge in [0.1, 0.15) is 5.78 Å². The molecule has 0 aromatic rings. The highest BCUT2D eigenvalue weighted by Gasteiger charge is 2.31. The van der Waals surface area contributed by atoms with Gasteiger partial charge in [0, 0.05) is 0 Å². The first-order valence-corrected chi connectivity index (χ1v) is 5.68.